The van der Waals surface area contributed by atoms with Crippen LogP contribution >= 0.6 is 11.6 Å². The molecule has 0 aliphatic heterocycles. The summed E-state index contributed by atoms with van der Waals surface area (Å²) in [5.41, 5.74) is 2.34. The molecule has 1 aliphatic rings. The molecule has 0 saturated heterocycles. The number of hydrogen-bond acceptors (Lipinski definition) is 4. The summed E-state index contributed by atoms with van der Waals surface area (Å²) in [6.45, 7) is 1.46. The number of amides is 2. The molecule has 2 aromatic rings. The molecular weight excluding hydrogens is 368 g/mol. The van der Waals surface area contributed by atoms with Gasteiger partial charge in [-0.1, -0.05) is 17.7 Å². The number of esters is 1. The zero-order valence-electron chi connectivity index (χ0n) is 14.8. The Balaban J connectivity index is 1.49. The maximum absolute atomic E-state index is 12.0. The van der Waals surface area contributed by atoms with Gasteiger partial charge < -0.3 is 15.4 Å². The van der Waals surface area contributed by atoms with Gasteiger partial charge in [0.25, 0.3) is 5.91 Å². The summed E-state index contributed by atoms with van der Waals surface area (Å²) in [7, 11) is 0. The predicted octanol–water partition coefficient (Wildman–Crippen LogP) is 3.79. The molecule has 1 saturated carbocycles. The van der Waals surface area contributed by atoms with Crippen LogP contribution in [0, 0.1) is 12.8 Å². The fourth-order valence-electron chi connectivity index (χ4n) is 2.40. The monoisotopic (exact) mass is 386 g/mol. The molecule has 140 valence electrons. The quantitative estimate of drug-likeness (QED) is 0.739. The van der Waals surface area contributed by atoms with Crippen LogP contribution in [0.4, 0.5) is 11.4 Å². The summed E-state index contributed by atoms with van der Waals surface area (Å²) in [6, 6.07) is 11.6. The zero-order valence-corrected chi connectivity index (χ0v) is 15.5. The molecule has 27 heavy (non-hydrogen) atoms. The Morgan fingerprint density at radius 1 is 1.07 bits per heavy atom. The molecule has 0 spiro atoms. The Hall–Kier alpha value is -2.86. The summed E-state index contributed by atoms with van der Waals surface area (Å²) in [5, 5.41) is 5.80. The van der Waals surface area contributed by atoms with Crippen molar-refractivity contribution in [2.24, 2.45) is 5.92 Å². The average molecular weight is 387 g/mol. The van der Waals surface area contributed by atoms with E-state index in [4.69, 9.17) is 16.3 Å². The van der Waals surface area contributed by atoms with E-state index in [0.29, 0.717) is 22.0 Å². The van der Waals surface area contributed by atoms with Gasteiger partial charge in [0, 0.05) is 11.6 Å². The standard InChI is InChI=1S/C20H19ClN2O4/c1-12-2-9-17(16(21)10-12)23-18(24)11-27-20(26)14-5-7-15(8-6-14)22-19(25)13-3-4-13/h2,5-10,13H,3-4,11H2,1H3,(H,22,25)(H,23,24). The van der Waals surface area contributed by atoms with Gasteiger partial charge in [0.05, 0.1) is 16.3 Å². The second-order valence-corrected chi connectivity index (χ2v) is 6.86. The Labute approximate surface area is 161 Å². The topological polar surface area (TPSA) is 84.5 Å². The first kappa shape index (κ1) is 18.9. The molecule has 0 bridgehead atoms. The minimum atomic E-state index is -0.625. The number of anilines is 2. The van der Waals surface area contributed by atoms with Crippen LogP contribution in [0.3, 0.4) is 0 Å². The fourth-order valence-corrected chi connectivity index (χ4v) is 2.68. The van der Waals surface area contributed by atoms with Crippen molar-refractivity contribution in [3.63, 3.8) is 0 Å². The minimum absolute atomic E-state index is 0.00300. The van der Waals surface area contributed by atoms with Crippen LogP contribution in [0.15, 0.2) is 42.5 Å². The molecule has 1 aliphatic carbocycles. The number of halogens is 1. The molecule has 0 atom stereocenters. The Morgan fingerprint density at radius 3 is 2.41 bits per heavy atom. The van der Waals surface area contributed by atoms with Crippen LogP contribution in [0.1, 0.15) is 28.8 Å². The van der Waals surface area contributed by atoms with E-state index < -0.39 is 18.5 Å². The van der Waals surface area contributed by atoms with Crippen LogP contribution in [-0.2, 0) is 14.3 Å². The van der Waals surface area contributed by atoms with Gasteiger partial charge in [-0.15, -0.1) is 0 Å². The summed E-state index contributed by atoms with van der Waals surface area (Å²) in [5.74, 6) is -1.01. The summed E-state index contributed by atoms with van der Waals surface area (Å²) in [6.07, 6.45) is 1.85. The molecule has 3 rings (SSSR count). The highest BCUT2D eigenvalue weighted by atomic mass is 35.5. The highest BCUT2D eigenvalue weighted by Gasteiger charge is 2.29. The zero-order chi connectivity index (χ0) is 19.4. The third-order valence-corrected chi connectivity index (χ3v) is 4.38. The van der Waals surface area contributed by atoms with Crippen molar-refractivity contribution < 1.29 is 19.1 Å². The van der Waals surface area contributed by atoms with Crippen LogP contribution in [0.25, 0.3) is 0 Å². The van der Waals surface area contributed by atoms with Crippen molar-refractivity contribution in [2.45, 2.75) is 19.8 Å². The van der Waals surface area contributed by atoms with Gasteiger partial charge in [-0.25, -0.2) is 4.79 Å². The summed E-state index contributed by atoms with van der Waals surface area (Å²) < 4.78 is 5.01. The van der Waals surface area contributed by atoms with E-state index in [0.717, 1.165) is 18.4 Å². The van der Waals surface area contributed by atoms with Crippen molar-refractivity contribution in [3.05, 3.63) is 58.6 Å². The lowest BCUT2D eigenvalue weighted by atomic mass is 10.2. The molecule has 7 heteroatoms. The third kappa shape index (κ3) is 5.31. The van der Waals surface area contributed by atoms with Gasteiger partial charge in [0.15, 0.2) is 6.61 Å². The molecule has 0 aromatic heterocycles. The molecule has 0 unspecified atom stereocenters. The van der Waals surface area contributed by atoms with Gasteiger partial charge in [-0.2, -0.15) is 0 Å². The number of carbonyl (C=O) groups is 3. The van der Waals surface area contributed by atoms with E-state index >= 15 is 0 Å². The Bertz CT molecular complexity index is 876. The predicted molar refractivity (Wildman–Crippen MR) is 103 cm³/mol. The largest absolute Gasteiger partial charge is 0.452 e. The highest BCUT2D eigenvalue weighted by molar-refractivity contribution is 6.33. The van der Waals surface area contributed by atoms with E-state index in [9.17, 15) is 14.4 Å². The first-order valence-electron chi connectivity index (χ1n) is 8.56. The second-order valence-electron chi connectivity index (χ2n) is 6.45. The van der Waals surface area contributed by atoms with E-state index in [1.165, 1.54) is 0 Å². The van der Waals surface area contributed by atoms with Gasteiger partial charge in [-0.3, -0.25) is 9.59 Å². The first-order valence-corrected chi connectivity index (χ1v) is 8.94. The number of aryl methyl sites for hydroxylation is 1. The lowest BCUT2D eigenvalue weighted by molar-refractivity contribution is -0.119. The van der Waals surface area contributed by atoms with Crippen molar-refractivity contribution >= 4 is 40.8 Å². The lowest BCUT2D eigenvalue weighted by Gasteiger charge is -2.09. The number of carbonyl (C=O) groups excluding carboxylic acids is 3. The third-order valence-electron chi connectivity index (χ3n) is 4.07. The van der Waals surface area contributed by atoms with Crippen molar-refractivity contribution in [2.75, 3.05) is 17.2 Å². The van der Waals surface area contributed by atoms with E-state index in [1.807, 2.05) is 13.0 Å². The summed E-state index contributed by atoms with van der Waals surface area (Å²) >= 11 is 6.05. The van der Waals surface area contributed by atoms with Crippen molar-refractivity contribution in [1.29, 1.82) is 0 Å². The molecule has 0 radical (unpaired) electrons. The van der Waals surface area contributed by atoms with Gasteiger partial charge >= 0.3 is 5.97 Å². The molecule has 6 nitrogen and oxygen atoms in total. The molecule has 2 amide bonds. The first-order chi connectivity index (χ1) is 12.9. The highest BCUT2D eigenvalue weighted by Crippen LogP contribution is 2.30. The molecule has 2 N–H and O–H groups in total. The fraction of sp³-hybridized carbons (Fsp3) is 0.250. The van der Waals surface area contributed by atoms with Crippen LogP contribution in [0.5, 0.6) is 0 Å². The minimum Gasteiger partial charge on any atom is -0.452 e. The van der Waals surface area contributed by atoms with Gasteiger partial charge in [-0.05, 0) is 61.7 Å². The number of rotatable bonds is 6. The van der Waals surface area contributed by atoms with Crippen LogP contribution in [0.2, 0.25) is 5.02 Å². The Morgan fingerprint density at radius 2 is 1.78 bits per heavy atom. The van der Waals surface area contributed by atoms with E-state index in [1.54, 1.807) is 36.4 Å². The van der Waals surface area contributed by atoms with Gasteiger partial charge in [0.2, 0.25) is 5.91 Å². The van der Waals surface area contributed by atoms with Crippen molar-refractivity contribution in [3.8, 4) is 0 Å². The normalized spacial score (nSPS) is 13.0. The summed E-state index contributed by atoms with van der Waals surface area (Å²) in [4.78, 5) is 35.7. The molecule has 0 heterocycles. The van der Waals surface area contributed by atoms with Crippen LogP contribution < -0.4 is 10.6 Å². The van der Waals surface area contributed by atoms with Crippen LogP contribution in [-0.4, -0.2) is 24.4 Å². The second kappa shape index (κ2) is 8.22. The number of benzene rings is 2. The Kier molecular flexibility index (Phi) is 5.76. The van der Waals surface area contributed by atoms with Crippen molar-refractivity contribution in [1.82, 2.24) is 0 Å². The SMILES string of the molecule is Cc1ccc(NC(=O)COC(=O)c2ccc(NC(=O)C3CC3)cc2)c(Cl)c1. The van der Waals surface area contributed by atoms with E-state index in [2.05, 4.69) is 10.6 Å². The maximum Gasteiger partial charge on any atom is 0.338 e. The number of nitrogens with one attached hydrogen (secondary N) is 2. The molecular formula is C20H19ClN2O4. The number of ether oxygens (including phenoxy) is 1. The molecule has 1 fully saturated rings. The average Bonchev–Trinajstić information content (AvgIpc) is 3.48. The lowest BCUT2D eigenvalue weighted by Crippen LogP contribution is -2.21. The maximum atomic E-state index is 12.0. The number of hydrogen-bond donors (Lipinski definition) is 2. The van der Waals surface area contributed by atoms with E-state index in [-0.39, 0.29) is 11.8 Å². The smallest absolute Gasteiger partial charge is 0.338 e. The van der Waals surface area contributed by atoms with Gasteiger partial charge in [0.1, 0.15) is 0 Å². The molecule has 2 aromatic carbocycles.